The predicted octanol–water partition coefficient (Wildman–Crippen LogP) is 2.21. The zero-order valence-electron chi connectivity index (χ0n) is 9.74. The molecule has 0 atom stereocenters. The Hall–Kier alpha value is -1.51. The molecule has 0 aliphatic carbocycles. The van der Waals surface area contributed by atoms with Crippen LogP contribution in [0.5, 0.6) is 0 Å². The molecule has 0 aliphatic rings. The average molecular weight is 206 g/mol. The Morgan fingerprint density at radius 2 is 2.00 bits per heavy atom. The molecule has 1 aromatic carbocycles. The number of amides is 1. The van der Waals surface area contributed by atoms with Crippen molar-refractivity contribution in [3.8, 4) is 0 Å². The van der Waals surface area contributed by atoms with Crippen molar-refractivity contribution in [2.45, 2.75) is 19.9 Å². The number of rotatable bonds is 3. The molecule has 0 heterocycles. The molecule has 82 valence electrons. The van der Waals surface area contributed by atoms with Crippen molar-refractivity contribution >= 4 is 11.6 Å². The second-order valence-electron chi connectivity index (χ2n) is 4.08. The average Bonchev–Trinajstić information content (AvgIpc) is 2.16. The summed E-state index contributed by atoms with van der Waals surface area (Å²) in [7, 11) is 3.51. The number of nitrogens with one attached hydrogen (secondary N) is 1. The third kappa shape index (κ3) is 3.27. The molecule has 0 unspecified atom stereocenters. The lowest BCUT2D eigenvalue weighted by atomic mass is 10.1. The van der Waals surface area contributed by atoms with Gasteiger partial charge in [0.2, 0.25) is 0 Å². The highest BCUT2D eigenvalue weighted by atomic mass is 16.2. The smallest absolute Gasteiger partial charge is 0.253 e. The standard InChI is InChI=1S/C12H18N2O/c1-9(2)13-11-7-5-6-10(8-11)12(15)14(3)4/h5-9,13H,1-4H3. The van der Waals surface area contributed by atoms with Crippen LogP contribution in [0.15, 0.2) is 24.3 Å². The molecule has 0 aromatic heterocycles. The van der Waals surface area contributed by atoms with Gasteiger partial charge in [0.15, 0.2) is 0 Å². The van der Waals surface area contributed by atoms with Crippen LogP contribution in [0.2, 0.25) is 0 Å². The molecule has 0 saturated heterocycles. The van der Waals surface area contributed by atoms with Gasteiger partial charge < -0.3 is 10.2 Å². The van der Waals surface area contributed by atoms with Crippen molar-refractivity contribution in [3.05, 3.63) is 29.8 Å². The zero-order valence-corrected chi connectivity index (χ0v) is 9.74. The Bertz CT molecular complexity index is 345. The normalized spacial score (nSPS) is 10.2. The maximum Gasteiger partial charge on any atom is 0.253 e. The Balaban J connectivity index is 2.87. The minimum Gasteiger partial charge on any atom is -0.383 e. The molecule has 1 amide bonds. The Morgan fingerprint density at radius 1 is 1.33 bits per heavy atom. The maximum absolute atomic E-state index is 11.7. The van der Waals surface area contributed by atoms with Gasteiger partial charge in [-0.25, -0.2) is 0 Å². The van der Waals surface area contributed by atoms with Crippen LogP contribution in [0.25, 0.3) is 0 Å². The van der Waals surface area contributed by atoms with Crippen LogP contribution < -0.4 is 5.32 Å². The van der Waals surface area contributed by atoms with E-state index < -0.39 is 0 Å². The molecule has 0 aliphatic heterocycles. The van der Waals surface area contributed by atoms with E-state index in [0.29, 0.717) is 11.6 Å². The van der Waals surface area contributed by atoms with Crippen molar-refractivity contribution < 1.29 is 4.79 Å². The topological polar surface area (TPSA) is 32.3 Å². The van der Waals surface area contributed by atoms with Gasteiger partial charge in [-0.05, 0) is 32.0 Å². The van der Waals surface area contributed by atoms with Crippen LogP contribution in [0, 0.1) is 0 Å². The molecule has 0 spiro atoms. The number of nitrogens with zero attached hydrogens (tertiary/aromatic N) is 1. The number of benzene rings is 1. The lowest BCUT2D eigenvalue weighted by molar-refractivity contribution is 0.0827. The number of carbonyl (C=O) groups is 1. The van der Waals surface area contributed by atoms with Crippen LogP contribution >= 0.6 is 0 Å². The summed E-state index contributed by atoms with van der Waals surface area (Å²) in [6.45, 7) is 4.14. The van der Waals surface area contributed by atoms with Crippen LogP contribution in [0.1, 0.15) is 24.2 Å². The van der Waals surface area contributed by atoms with E-state index in [2.05, 4.69) is 19.2 Å². The molecule has 15 heavy (non-hydrogen) atoms. The molecular weight excluding hydrogens is 188 g/mol. The highest BCUT2D eigenvalue weighted by Crippen LogP contribution is 2.12. The summed E-state index contributed by atoms with van der Waals surface area (Å²) < 4.78 is 0. The molecule has 0 saturated carbocycles. The third-order valence-corrected chi connectivity index (χ3v) is 1.97. The largest absolute Gasteiger partial charge is 0.383 e. The van der Waals surface area contributed by atoms with E-state index in [1.54, 1.807) is 19.0 Å². The number of hydrogen-bond acceptors (Lipinski definition) is 2. The fourth-order valence-electron chi connectivity index (χ4n) is 1.33. The number of anilines is 1. The highest BCUT2D eigenvalue weighted by molar-refractivity contribution is 5.94. The molecule has 0 fully saturated rings. The molecule has 1 rings (SSSR count). The zero-order chi connectivity index (χ0) is 11.4. The molecule has 1 aromatic rings. The first-order valence-corrected chi connectivity index (χ1v) is 5.09. The van der Waals surface area contributed by atoms with E-state index in [4.69, 9.17) is 0 Å². The molecule has 0 bridgehead atoms. The molecule has 3 nitrogen and oxygen atoms in total. The van der Waals surface area contributed by atoms with Crippen LogP contribution in [-0.2, 0) is 0 Å². The van der Waals surface area contributed by atoms with Gasteiger partial charge in [-0.3, -0.25) is 4.79 Å². The van der Waals surface area contributed by atoms with Gasteiger partial charge in [0, 0.05) is 31.4 Å². The van der Waals surface area contributed by atoms with E-state index in [1.807, 2.05) is 24.3 Å². The van der Waals surface area contributed by atoms with Gasteiger partial charge in [-0.15, -0.1) is 0 Å². The molecule has 1 N–H and O–H groups in total. The maximum atomic E-state index is 11.7. The minimum absolute atomic E-state index is 0.0300. The second-order valence-corrected chi connectivity index (χ2v) is 4.08. The van der Waals surface area contributed by atoms with Crippen molar-refractivity contribution in [3.63, 3.8) is 0 Å². The van der Waals surface area contributed by atoms with E-state index in [0.717, 1.165) is 5.69 Å². The third-order valence-electron chi connectivity index (χ3n) is 1.97. The van der Waals surface area contributed by atoms with Crippen molar-refractivity contribution in [2.24, 2.45) is 0 Å². The van der Waals surface area contributed by atoms with Gasteiger partial charge in [-0.1, -0.05) is 6.07 Å². The Kier molecular flexibility index (Phi) is 3.72. The van der Waals surface area contributed by atoms with Crippen molar-refractivity contribution in [1.29, 1.82) is 0 Å². The lowest BCUT2D eigenvalue weighted by Gasteiger charge is -2.13. The highest BCUT2D eigenvalue weighted by Gasteiger charge is 2.07. The van der Waals surface area contributed by atoms with Gasteiger partial charge in [-0.2, -0.15) is 0 Å². The Morgan fingerprint density at radius 3 is 2.53 bits per heavy atom. The summed E-state index contributed by atoms with van der Waals surface area (Å²) in [4.78, 5) is 13.3. The summed E-state index contributed by atoms with van der Waals surface area (Å²) in [6.07, 6.45) is 0. The number of carbonyl (C=O) groups excluding carboxylic acids is 1. The van der Waals surface area contributed by atoms with Crippen LogP contribution in [0.4, 0.5) is 5.69 Å². The van der Waals surface area contributed by atoms with Gasteiger partial charge >= 0.3 is 0 Å². The second kappa shape index (κ2) is 4.82. The molecular formula is C12H18N2O. The van der Waals surface area contributed by atoms with Crippen molar-refractivity contribution in [2.75, 3.05) is 19.4 Å². The summed E-state index contributed by atoms with van der Waals surface area (Å²) >= 11 is 0. The first kappa shape index (κ1) is 11.6. The SMILES string of the molecule is CC(C)Nc1cccc(C(=O)N(C)C)c1. The predicted molar refractivity (Wildman–Crippen MR) is 63.2 cm³/mol. The molecule has 0 radical (unpaired) electrons. The van der Waals surface area contributed by atoms with E-state index in [1.165, 1.54) is 0 Å². The first-order chi connectivity index (χ1) is 7.00. The quantitative estimate of drug-likeness (QED) is 0.822. The fourth-order valence-corrected chi connectivity index (χ4v) is 1.33. The van der Waals surface area contributed by atoms with E-state index >= 15 is 0 Å². The van der Waals surface area contributed by atoms with Crippen molar-refractivity contribution in [1.82, 2.24) is 4.90 Å². The Labute approximate surface area is 91.1 Å². The number of hydrogen-bond donors (Lipinski definition) is 1. The van der Waals surface area contributed by atoms with Gasteiger partial charge in [0.1, 0.15) is 0 Å². The first-order valence-electron chi connectivity index (χ1n) is 5.09. The summed E-state index contributed by atoms with van der Waals surface area (Å²) in [5.41, 5.74) is 1.70. The fraction of sp³-hybridized carbons (Fsp3) is 0.417. The summed E-state index contributed by atoms with van der Waals surface area (Å²) in [6, 6.07) is 7.93. The van der Waals surface area contributed by atoms with Gasteiger partial charge in [0.25, 0.3) is 5.91 Å². The van der Waals surface area contributed by atoms with E-state index in [-0.39, 0.29) is 5.91 Å². The van der Waals surface area contributed by atoms with Crippen LogP contribution in [0.3, 0.4) is 0 Å². The summed E-state index contributed by atoms with van der Waals surface area (Å²) in [5, 5.41) is 3.27. The molecule has 3 heteroatoms. The monoisotopic (exact) mass is 206 g/mol. The van der Waals surface area contributed by atoms with E-state index in [9.17, 15) is 4.79 Å². The lowest BCUT2D eigenvalue weighted by Crippen LogP contribution is -2.21. The minimum atomic E-state index is 0.0300. The van der Waals surface area contributed by atoms with Crippen LogP contribution in [-0.4, -0.2) is 30.9 Å². The van der Waals surface area contributed by atoms with Gasteiger partial charge in [0.05, 0.1) is 0 Å². The summed E-state index contributed by atoms with van der Waals surface area (Å²) in [5.74, 6) is 0.0300.